The van der Waals surface area contributed by atoms with E-state index in [2.05, 4.69) is 5.32 Å². The Labute approximate surface area is 112 Å². The van der Waals surface area contributed by atoms with Crippen LogP contribution in [0.5, 0.6) is 0 Å². The zero-order chi connectivity index (χ0) is 14.5. The van der Waals surface area contributed by atoms with Crippen molar-refractivity contribution in [2.75, 3.05) is 13.2 Å². The molecule has 0 radical (unpaired) electrons. The second-order valence-electron chi connectivity index (χ2n) is 4.68. The third-order valence-corrected chi connectivity index (χ3v) is 3.42. The van der Waals surface area contributed by atoms with Crippen LogP contribution < -0.4 is 5.32 Å². The van der Waals surface area contributed by atoms with Crippen LogP contribution >= 0.6 is 0 Å². The van der Waals surface area contributed by atoms with Crippen molar-refractivity contribution in [2.45, 2.75) is 32.4 Å². The van der Waals surface area contributed by atoms with Crippen molar-refractivity contribution >= 4 is 5.69 Å². The summed E-state index contributed by atoms with van der Waals surface area (Å²) in [4.78, 5) is 10.4. The molecule has 0 spiro atoms. The predicted octanol–water partition coefficient (Wildman–Crippen LogP) is 1.13. The Morgan fingerprint density at radius 2 is 2.00 bits per heavy atom. The van der Waals surface area contributed by atoms with E-state index in [4.69, 9.17) is 0 Å². The van der Waals surface area contributed by atoms with Gasteiger partial charge in [0.1, 0.15) is 0 Å². The normalized spacial score (nSPS) is 11.6. The van der Waals surface area contributed by atoms with E-state index in [1.54, 1.807) is 19.1 Å². The van der Waals surface area contributed by atoms with Gasteiger partial charge in [-0.1, -0.05) is 19.1 Å². The number of nitro groups is 1. The number of nitro benzene ring substituents is 1. The molecule has 0 amide bonds. The largest absolute Gasteiger partial charge is 0.394 e. The first-order valence-corrected chi connectivity index (χ1v) is 6.18. The Morgan fingerprint density at radius 1 is 1.37 bits per heavy atom. The first-order valence-electron chi connectivity index (χ1n) is 6.18. The van der Waals surface area contributed by atoms with Crippen molar-refractivity contribution in [2.24, 2.45) is 0 Å². The van der Waals surface area contributed by atoms with Crippen molar-refractivity contribution < 1.29 is 15.1 Å². The van der Waals surface area contributed by atoms with Crippen molar-refractivity contribution in [3.8, 4) is 0 Å². The van der Waals surface area contributed by atoms with Crippen LogP contribution in [0.3, 0.4) is 0 Å². The maximum Gasteiger partial charge on any atom is 0.272 e. The monoisotopic (exact) mass is 268 g/mol. The van der Waals surface area contributed by atoms with Crippen LogP contribution in [0.2, 0.25) is 0 Å². The minimum Gasteiger partial charge on any atom is -0.394 e. The molecule has 1 aromatic carbocycles. The van der Waals surface area contributed by atoms with Crippen molar-refractivity contribution in [3.05, 3.63) is 39.4 Å². The van der Waals surface area contributed by atoms with E-state index in [9.17, 15) is 20.3 Å². The van der Waals surface area contributed by atoms with E-state index in [-0.39, 0.29) is 18.9 Å². The second kappa shape index (κ2) is 6.60. The van der Waals surface area contributed by atoms with E-state index in [0.29, 0.717) is 18.5 Å². The quantitative estimate of drug-likeness (QED) is 0.509. The second-order valence-corrected chi connectivity index (χ2v) is 4.68. The minimum absolute atomic E-state index is 0.0781. The Hall–Kier alpha value is -1.50. The first kappa shape index (κ1) is 15.6. The highest BCUT2D eigenvalue weighted by molar-refractivity contribution is 5.42. The number of nitrogens with one attached hydrogen (secondary N) is 1. The summed E-state index contributed by atoms with van der Waals surface area (Å²) in [6.45, 7) is 3.53. The maximum absolute atomic E-state index is 10.8. The lowest BCUT2D eigenvalue weighted by molar-refractivity contribution is -0.385. The molecule has 106 valence electrons. The molecule has 0 aliphatic heterocycles. The van der Waals surface area contributed by atoms with Crippen LogP contribution in [0.25, 0.3) is 0 Å². The van der Waals surface area contributed by atoms with Gasteiger partial charge >= 0.3 is 0 Å². The van der Waals surface area contributed by atoms with Gasteiger partial charge in [-0.2, -0.15) is 0 Å². The Bertz CT molecular complexity index is 436. The highest BCUT2D eigenvalue weighted by atomic mass is 16.6. The fourth-order valence-corrected chi connectivity index (χ4v) is 1.76. The lowest BCUT2D eigenvalue weighted by Gasteiger charge is -2.29. The SMILES string of the molecule is CCC(CO)(CO)NCc1ccc(C)c([N+](=O)[O-])c1. The van der Waals surface area contributed by atoms with E-state index >= 15 is 0 Å². The minimum atomic E-state index is -0.750. The van der Waals surface area contributed by atoms with Gasteiger partial charge in [0.05, 0.1) is 23.7 Å². The van der Waals surface area contributed by atoms with Gasteiger partial charge in [0.25, 0.3) is 5.69 Å². The zero-order valence-electron chi connectivity index (χ0n) is 11.2. The molecule has 6 heteroatoms. The van der Waals surface area contributed by atoms with Gasteiger partial charge in [-0.3, -0.25) is 10.1 Å². The molecule has 0 saturated carbocycles. The van der Waals surface area contributed by atoms with E-state index in [0.717, 1.165) is 5.56 Å². The maximum atomic E-state index is 10.8. The lowest BCUT2D eigenvalue weighted by Crippen LogP contribution is -2.50. The molecule has 0 unspecified atom stereocenters. The van der Waals surface area contributed by atoms with Crippen molar-refractivity contribution in [3.63, 3.8) is 0 Å². The molecule has 19 heavy (non-hydrogen) atoms. The van der Waals surface area contributed by atoms with Gasteiger partial charge in [-0.05, 0) is 18.9 Å². The van der Waals surface area contributed by atoms with Crippen LogP contribution in [0, 0.1) is 17.0 Å². The number of aryl methyl sites for hydroxylation is 1. The molecule has 1 aromatic rings. The molecule has 6 nitrogen and oxygen atoms in total. The third kappa shape index (κ3) is 3.73. The first-order chi connectivity index (χ1) is 8.98. The molecular weight excluding hydrogens is 248 g/mol. The number of aliphatic hydroxyl groups is 2. The number of hydrogen-bond donors (Lipinski definition) is 3. The van der Waals surface area contributed by atoms with E-state index in [1.165, 1.54) is 6.07 Å². The fourth-order valence-electron chi connectivity index (χ4n) is 1.76. The summed E-state index contributed by atoms with van der Waals surface area (Å²) in [6, 6.07) is 5.00. The Morgan fingerprint density at radius 3 is 2.47 bits per heavy atom. The van der Waals surface area contributed by atoms with E-state index in [1.807, 2.05) is 6.92 Å². The van der Waals surface area contributed by atoms with Crippen molar-refractivity contribution in [1.82, 2.24) is 5.32 Å². The van der Waals surface area contributed by atoms with Crippen molar-refractivity contribution in [1.29, 1.82) is 0 Å². The van der Waals surface area contributed by atoms with Crippen LogP contribution in [-0.4, -0.2) is 33.9 Å². The number of benzene rings is 1. The summed E-state index contributed by atoms with van der Waals surface area (Å²) in [5, 5.41) is 32.5. The van der Waals surface area contributed by atoms with Gasteiger partial charge in [-0.15, -0.1) is 0 Å². The van der Waals surface area contributed by atoms with Crippen LogP contribution in [0.15, 0.2) is 18.2 Å². The number of rotatable bonds is 7. The van der Waals surface area contributed by atoms with Crippen LogP contribution in [-0.2, 0) is 6.54 Å². The van der Waals surface area contributed by atoms with Gasteiger partial charge < -0.3 is 15.5 Å². The molecule has 0 atom stereocenters. The van der Waals surface area contributed by atoms with Gasteiger partial charge in [-0.25, -0.2) is 0 Å². The van der Waals surface area contributed by atoms with Gasteiger partial charge in [0.2, 0.25) is 0 Å². The summed E-state index contributed by atoms with van der Waals surface area (Å²) < 4.78 is 0. The fraction of sp³-hybridized carbons (Fsp3) is 0.538. The van der Waals surface area contributed by atoms with Gasteiger partial charge in [0, 0.05) is 18.2 Å². The number of hydrogen-bond acceptors (Lipinski definition) is 5. The lowest BCUT2D eigenvalue weighted by atomic mass is 9.98. The Balaban J connectivity index is 2.83. The smallest absolute Gasteiger partial charge is 0.272 e. The summed E-state index contributed by atoms with van der Waals surface area (Å²) >= 11 is 0. The summed E-state index contributed by atoms with van der Waals surface area (Å²) in [5.74, 6) is 0. The molecule has 0 heterocycles. The average Bonchev–Trinajstić information content (AvgIpc) is 2.42. The molecule has 0 bridgehead atoms. The molecule has 0 aliphatic rings. The summed E-state index contributed by atoms with van der Waals surface area (Å²) in [6.07, 6.45) is 0.563. The molecule has 0 saturated heterocycles. The standard InChI is InChI=1S/C13H20N2O4/c1-3-13(8-16,9-17)14-7-11-5-4-10(2)12(6-11)15(18)19/h4-6,14,16-17H,3,7-9H2,1-2H3. The zero-order valence-corrected chi connectivity index (χ0v) is 11.2. The number of nitrogens with zero attached hydrogens (tertiary/aromatic N) is 1. The van der Waals surface area contributed by atoms with Crippen LogP contribution in [0.4, 0.5) is 5.69 Å². The summed E-state index contributed by atoms with van der Waals surface area (Å²) in [5.41, 5.74) is 0.686. The molecule has 3 N–H and O–H groups in total. The topological polar surface area (TPSA) is 95.6 Å². The Kier molecular flexibility index (Phi) is 5.41. The predicted molar refractivity (Wildman–Crippen MR) is 71.9 cm³/mol. The van der Waals surface area contributed by atoms with Gasteiger partial charge in [0.15, 0.2) is 0 Å². The average molecular weight is 268 g/mol. The molecule has 1 rings (SSSR count). The third-order valence-electron chi connectivity index (χ3n) is 3.42. The molecule has 0 aliphatic carbocycles. The van der Waals surface area contributed by atoms with E-state index < -0.39 is 10.5 Å². The number of aliphatic hydroxyl groups excluding tert-OH is 2. The highest BCUT2D eigenvalue weighted by Gasteiger charge is 2.25. The molecule has 0 fully saturated rings. The highest BCUT2D eigenvalue weighted by Crippen LogP contribution is 2.20. The summed E-state index contributed by atoms with van der Waals surface area (Å²) in [7, 11) is 0. The van der Waals surface area contributed by atoms with Crippen LogP contribution in [0.1, 0.15) is 24.5 Å². The molecular formula is C13H20N2O4. The molecule has 0 aromatic heterocycles.